The second kappa shape index (κ2) is 12.2. The van der Waals surface area contributed by atoms with E-state index in [1.807, 2.05) is 54.3 Å². The number of carbonyl (C=O) groups is 2. The van der Waals surface area contributed by atoms with E-state index in [0.29, 0.717) is 57.0 Å². The van der Waals surface area contributed by atoms with E-state index in [2.05, 4.69) is 5.32 Å². The molecule has 1 saturated heterocycles. The molecule has 0 aliphatic carbocycles. The summed E-state index contributed by atoms with van der Waals surface area (Å²) in [6.07, 6.45) is 4.93. The lowest BCUT2D eigenvalue weighted by atomic mass is 9.97. The molecule has 1 fully saturated rings. The molecule has 0 unspecified atom stereocenters. The maximum Gasteiger partial charge on any atom is 0.310 e. The minimum atomic E-state index is -0.564. The Morgan fingerprint density at radius 3 is 2.76 bits per heavy atom. The molecular formula is C29H31N5O4. The van der Waals surface area contributed by atoms with E-state index >= 15 is 0 Å². The molecule has 0 radical (unpaired) electrons. The quantitative estimate of drug-likeness (QED) is 0.280. The first kappa shape index (κ1) is 26.6. The first-order chi connectivity index (χ1) is 18.4. The Balaban J connectivity index is 1.69. The zero-order valence-corrected chi connectivity index (χ0v) is 21.6. The Labute approximate surface area is 221 Å². The van der Waals surface area contributed by atoms with Crippen molar-refractivity contribution in [3.8, 4) is 6.07 Å². The summed E-state index contributed by atoms with van der Waals surface area (Å²) in [6.45, 7) is 5.18. The van der Waals surface area contributed by atoms with Crippen LogP contribution in [0.5, 0.6) is 0 Å². The summed E-state index contributed by atoms with van der Waals surface area (Å²) >= 11 is 0. The number of aryl methyl sites for hydroxylation is 1. The van der Waals surface area contributed by atoms with Gasteiger partial charge < -0.3 is 15.0 Å². The van der Waals surface area contributed by atoms with Gasteiger partial charge in [-0.3, -0.25) is 18.8 Å². The Bertz CT molecular complexity index is 1460. The molecule has 2 aromatic heterocycles. The lowest BCUT2D eigenvalue weighted by Gasteiger charge is -2.33. The predicted molar refractivity (Wildman–Crippen MR) is 145 cm³/mol. The second-order valence-electron chi connectivity index (χ2n) is 9.24. The Morgan fingerprint density at radius 2 is 2.03 bits per heavy atom. The summed E-state index contributed by atoms with van der Waals surface area (Å²) in [6, 6.07) is 15.2. The zero-order valence-electron chi connectivity index (χ0n) is 21.6. The summed E-state index contributed by atoms with van der Waals surface area (Å²) < 4.78 is 6.65. The minimum Gasteiger partial charge on any atom is -0.466 e. The SMILES string of the molecule is CCOC(=O)[C@H]1CCCN(c2nc3c(C)cccn3c(=O)c2/C=C(\C#N)C(=O)NCCc2ccccc2)C1. The molecule has 196 valence electrons. The molecule has 1 N–H and O–H groups in total. The van der Waals surface area contributed by atoms with Crippen molar-refractivity contribution in [2.75, 3.05) is 31.1 Å². The van der Waals surface area contributed by atoms with Crippen LogP contribution in [0.2, 0.25) is 0 Å². The number of aromatic nitrogens is 2. The van der Waals surface area contributed by atoms with Crippen LogP contribution >= 0.6 is 0 Å². The normalized spacial score (nSPS) is 15.7. The van der Waals surface area contributed by atoms with E-state index in [0.717, 1.165) is 11.1 Å². The number of piperidine rings is 1. The fourth-order valence-electron chi connectivity index (χ4n) is 4.64. The van der Waals surface area contributed by atoms with Crippen molar-refractivity contribution in [1.29, 1.82) is 5.26 Å². The van der Waals surface area contributed by atoms with Gasteiger partial charge in [0, 0.05) is 25.8 Å². The molecule has 4 rings (SSSR count). The monoisotopic (exact) mass is 513 g/mol. The van der Waals surface area contributed by atoms with Crippen LogP contribution in [0.25, 0.3) is 11.7 Å². The summed E-state index contributed by atoms with van der Waals surface area (Å²) in [4.78, 5) is 45.7. The highest BCUT2D eigenvalue weighted by Crippen LogP contribution is 2.26. The highest BCUT2D eigenvalue weighted by Gasteiger charge is 2.30. The zero-order chi connectivity index (χ0) is 27.1. The second-order valence-corrected chi connectivity index (χ2v) is 9.24. The number of pyridine rings is 1. The van der Waals surface area contributed by atoms with E-state index in [9.17, 15) is 19.6 Å². The first-order valence-electron chi connectivity index (χ1n) is 12.8. The van der Waals surface area contributed by atoms with Gasteiger partial charge in [0.15, 0.2) is 0 Å². The van der Waals surface area contributed by atoms with E-state index in [4.69, 9.17) is 9.72 Å². The Kier molecular flexibility index (Phi) is 8.54. The smallest absolute Gasteiger partial charge is 0.310 e. The van der Waals surface area contributed by atoms with Crippen molar-refractivity contribution < 1.29 is 14.3 Å². The number of carbonyl (C=O) groups excluding carboxylic acids is 2. The molecular weight excluding hydrogens is 482 g/mol. The molecule has 3 heterocycles. The average molecular weight is 514 g/mol. The molecule has 1 aromatic carbocycles. The molecule has 38 heavy (non-hydrogen) atoms. The van der Waals surface area contributed by atoms with Crippen LogP contribution in [0.15, 0.2) is 59.0 Å². The maximum absolute atomic E-state index is 13.7. The third kappa shape index (κ3) is 5.92. The standard InChI is InChI=1S/C29H31N5O4/c1-3-38-29(37)22-12-8-15-33(19-22)26-24(28(36)34-16-7-9-20(2)25(34)32-26)17-23(18-30)27(35)31-14-13-21-10-5-4-6-11-21/h4-7,9-11,16-17,22H,3,8,12-15,19H2,1-2H3,(H,31,35)/b23-17+/t22-/m0/s1. The first-order valence-corrected chi connectivity index (χ1v) is 12.8. The number of hydrogen-bond acceptors (Lipinski definition) is 7. The van der Waals surface area contributed by atoms with Crippen molar-refractivity contribution >= 4 is 29.4 Å². The van der Waals surface area contributed by atoms with E-state index < -0.39 is 11.5 Å². The molecule has 1 amide bonds. The van der Waals surface area contributed by atoms with Gasteiger partial charge in [-0.15, -0.1) is 0 Å². The molecule has 1 aliphatic rings. The van der Waals surface area contributed by atoms with Gasteiger partial charge in [0.25, 0.3) is 11.5 Å². The van der Waals surface area contributed by atoms with Crippen molar-refractivity contribution in [3.05, 3.63) is 81.3 Å². The molecule has 0 spiro atoms. The fraction of sp³-hybridized carbons (Fsp3) is 0.345. The molecule has 3 aromatic rings. The third-order valence-corrected chi connectivity index (χ3v) is 6.60. The van der Waals surface area contributed by atoms with Crippen molar-refractivity contribution in [3.63, 3.8) is 0 Å². The molecule has 9 nitrogen and oxygen atoms in total. The van der Waals surface area contributed by atoms with E-state index in [1.54, 1.807) is 19.2 Å². The van der Waals surface area contributed by atoms with Gasteiger partial charge in [-0.05, 0) is 56.4 Å². The average Bonchev–Trinajstić information content (AvgIpc) is 2.93. The number of hydrogen-bond donors (Lipinski definition) is 1. The van der Waals surface area contributed by atoms with Gasteiger partial charge >= 0.3 is 5.97 Å². The summed E-state index contributed by atoms with van der Waals surface area (Å²) in [5.41, 5.74) is 1.90. The van der Waals surface area contributed by atoms with Crippen LogP contribution in [0.4, 0.5) is 5.82 Å². The van der Waals surface area contributed by atoms with E-state index in [-0.39, 0.29) is 23.0 Å². The van der Waals surface area contributed by atoms with Gasteiger partial charge in [-0.25, -0.2) is 4.98 Å². The van der Waals surface area contributed by atoms with Crippen LogP contribution in [0, 0.1) is 24.2 Å². The van der Waals surface area contributed by atoms with Crippen molar-refractivity contribution in [2.45, 2.75) is 33.1 Å². The summed E-state index contributed by atoms with van der Waals surface area (Å²) in [7, 11) is 0. The third-order valence-electron chi connectivity index (χ3n) is 6.60. The lowest BCUT2D eigenvalue weighted by molar-refractivity contribution is -0.148. The van der Waals surface area contributed by atoms with Crippen LogP contribution in [-0.4, -0.2) is 47.5 Å². The molecule has 0 saturated carbocycles. The van der Waals surface area contributed by atoms with Crippen LogP contribution < -0.4 is 15.8 Å². The summed E-state index contributed by atoms with van der Waals surface area (Å²) in [5, 5.41) is 12.6. The topological polar surface area (TPSA) is 117 Å². The summed E-state index contributed by atoms with van der Waals surface area (Å²) in [5.74, 6) is -0.845. The number of anilines is 1. The fourth-order valence-corrected chi connectivity index (χ4v) is 4.64. The van der Waals surface area contributed by atoms with Gasteiger partial charge in [0.1, 0.15) is 23.1 Å². The largest absolute Gasteiger partial charge is 0.466 e. The Hall–Kier alpha value is -4.45. The number of ether oxygens (including phenoxy) is 1. The highest BCUT2D eigenvalue weighted by molar-refractivity contribution is 6.02. The number of rotatable bonds is 8. The predicted octanol–water partition coefficient (Wildman–Crippen LogP) is 3.05. The number of nitrogens with one attached hydrogen (secondary N) is 1. The molecule has 9 heteroatoms. The number of benzene rings is 1. The maximum atomic E-state index is 13.7. The number of nitrogens with zero attached hydrogens (tertiary/aromatic N) is 4. The number of esters is 1. The van der Waals surface area contributed by atoms with Gasteiger partial charge in [0.2, 0.25) is 0 Å². The van der Waals surface area contributed by atoms with Crippen LogP contribution in [0.1, 0.15) is 36.5 Å². The van der Waals surface area contributed by atoms with Gasteiger partial charge in [0.05, 0.1) is 18.1 Å². The molecule has 1 aliphatic heterocycles. The number of amides is 1. The van der Waals surface area contributed by atoms with E-state index in [1.165, 1.54) is 10.5 Å². The van der Waals surface area contributed by atoms with Crippen molar-refractivity contribution in [2.24, 2.45) is 5.92 Å². The number of fused-ring (bicyclic) bond motifs is 1. The highest BCUT2D eigenvalue weighted by atomic mass is 16.5. The van der Waals surface area contributed by atoms with Gasteiger partial charge in [-0.1, -0.05) is 36.4 Å². The number of nitriles is 1. The minimum absolute atomic E-state index is 0.132. The van der Waals surface area contributed by atoms with Crippen molar-refractivity contribution in [1.82, 2.24) is 14.7 Å². The van der Waals surface area contributed by atoms with Gasteiger partial charge in [-0.2, -0.15) is 5.26 Å². The molecule has 1 atom stereocenters. The Morgan fingerprint density at radius 1 is 1.24 bits per heavy atom. The van der Waals surface area contributed by atoms with Crippen LogP contribution in [0.3, 0.4) is 0 Å². The lowest BCUT2D eigenvalue weighted by Crippen LogP contribution is -2.41. The molecule has 0 bridgehead atoms. The van der Waals surface area contributed by atoms with Crippen LogP contribution in [-0.2, 0) is 20.7 Å².